The van der Waals surface area contributed by atoms with Crippen LogP contribution in [0.2, 0.25) is 0 Å². The van der Waals surface area contributed by atoms with E-state index in [2.05, 4.69) is 9.78 Å². The zero-order chi connectivity index (χ0) is 15.2. The van der Waals surface area contributed by atoms with Crippen molar-refractivity contribution < 1.29 is 24.5 Å². The van der Waals surface area contributed by atoms with Gasteiger partial charge in [-0.05, 0) is 36.8 Å². The third-order valence-corrected chi connectivity index (χ3v) is 2.85. The molecule has 0 saturated carbocycles. The summed E-state index contributed by atoms with van der Waals surface area (Å²) in [5, 5.41) is 8.90. The minimum Gasteiger partial charge on any atom is -0.392 e. The Balaban J connectivity index is 1.93. The summed E-state index contributed by atoms with van der Waals surface area (Å²) in [6.45, 7) is 1.78. The number of benzene rings is 2. The Morgan fingerprint density at radius 3 is 1.71 bits per heavy atom. The van der Waals surface area contributed by atoms with Crippen LogP contribution in [0.5, 0.6) is 0 Å². The molecule has 0 heterocycles. The van der Waals surface area contributed by atoms with Gasteiger partial charge in [-0.25, -0.2) is 19.4 Å². The lowest BCUT2D eigenvalue weighted by Crippen LogP contribution is -2.11. The largest absolute Gasteiger partial charge is 0.392 e. The van der Waals surface area contributed by atoms with E-state index in [4.69, 9.17) is 5.11 Å². The molecule has 0 unspecified atom stereocenters. The first kappa shape index (κ1) is 14.7. The Morgan fingerprint density at radius 1 is 0.857 bits per heavy atom. The summed E-state index contributed by atoms with van der Waals surface area (Å²) in [6.07, 6.45) is 0. The van der Waals surface area contributed by atoms with Crippen LogP contribution in [0.3, 0.4) is 0 Å². The highest BCUT2D eigenvalue weighted by molar-refractivity contribution is 5.92. The fourth-order valence-corrected chi connectivity index (χ4v) is 1.61. The average molecular weight is 286 g/mol. The summed E-state index contributed by atoms with van der Waals surface area (Å²) in [7, 11) is 0. The van der Waals surface area contributed by atoms with E-state index in [-0.39, 0.29) is 12.2 Å². The van der Waals surface area contributed by atoms with Crippen LogP contribution in [0, 0.1) is 6.92 Å². The summed E-state index contributed by atoms with van der Waals surface area (Å²) in [6, 6.07) is 12.8. The van der Waals surface area contributed by atoms with Crippen LogP contribution < -0.4 is 0 Å². The molecule has 0 saturated heterocycles. The van der Waals surface area contributed by atoms with Gasteiger partial charge < -0.3 is 5.11 Å². The van der Waals surface area contributed by atoms with Gasteiger partial charge in [0.1, 0.15) is 0 Å². The smallest absolute Gasteiger partial charge is 0.386 e. The number of aliphatic hydroxyl groups is 1. The number of hydrogen-bond donors (Lipinski definition) is 1. The SMILES string of the molecule is Cc1ccc(C(=O)OOC(=O)c2ccc(CO)cc2)cc1. The molecule has 0 amide bonds. The molecule has 0 aromatic heterocycles. The first-order valence-electron chi connectivity index (χ1n) is 6.30. The van der Waals surface area contributed by atoms with Crippen molar-refractivity contribution in [2.24, 2.45) is 0 Å². The number of aliphatic hydroxyl groups excluding tert-OH is 1. The van der Waals surface area contributed by atoms with E-state index in [0.717, 1.165) is 5.56 Å². The quantitative estimate of drug-likeness (QED) is 0.693. The van der Waals surface area contributed by atoms with Crippen LogP contribution in [-0.4, -0.2) is 17.0 Å². The second-order valence-corrected chi connectivity index (χ2v) is 4.46. The lowest BCUT2D eigenvalue weighted by molar-refractivity contribution is -0.187. The predicted molar refractivity (Wildman–Crippen MR) is 74.4 cm³/mol. The summed E-state index contributed by atoms with van der Waals surface area (Å²) >= 11 is 0. The highest BCUT2D eigenvalue weighted by Gasteiger charge is 2.13. The molecule has 0 aliphatic carbocycles. The maximum absolute atomic E-state index is 11.7. The van der Waals surface area contributed by atoms with Crippen molar-refractivity contribution >= 4 is 11.9 Å². The second kappa shape index (κ2) is 6.67. The molecule has 0 atom stereocenters. The molecule has 0 spiro atoms. The Morgan fingerprint density at radius 2 is 1.29 bits per heavy atom. The van der Waals surface area contributed by atoms with Gasteiger partial charge in [0.15, 0.2) is 0 Å². The molecule has 2 aromatic carbocycles. The van der Waals surface area contributed by atoms with Crippen LogP contribution in [0.4, 0.5) is 0 Å². The van der Waals surface area contributed by atoms with Crippen molar-refractivity contribution in [1.82, 2.24) is 0 Å². The fraction of sp³-hybridized carbons (Fsp3) is 0.125. The second-order valence-electron chi connectivity index (χ2n) is 4.46. The molecule has 5 heteroatoms. The van der Waals surface area contributed by atoms with E-state index in [0.29, 0.717) is 11.1 Å². The van der Waals surface area contributed by atoms with Gasteiger partial charge in [0, 0.05) is 0 Å². The Labute approximate surface area is 121 Å². The van der Waals surface area contributed by atoms with Crippen LogP contribution in [-0.2, 0) is 16.4 Å². The molecule has 21 heavy (non-hydrogen) atoms. The molecule has 0 radical (unpaired) electrons. The zero-order valence-corrected chi connectivity index (χ0v) is 11.4. The van der Waals surface area contributed by atoms with Crippen molar-refractivity contribution in [1.29, 1.82) is 0 Å². The van der Waals surface area contributed by atoms with Gasteiger partial charge in [-0.15, -0.1) is 0 Å². The van der Waals surface area contributed by atoms with Gasteiger partial charge in [-0.3, -0.25) is 0 Å². The minimum atomic E-state index is -0.778. The molecule has 2 aromatic rings. The third-order valence-electron chi connectivity index (χ3n) is 2.85. The van der Waals surface area contributed by atoms with Crippen LogP contribution in [0.1, 0.15) is 31.8 Å². The lowest BCUT2D eigenvalue weighted by atomic mass is 10.1. The van der Waals surface area contributed by atoms with Gasteiger partial charge in [0.05, 0.1) is 17.7 Å². The van der Waals surface area contributed by atoms with E-state index in [1.165, 1.54) is 12.1 Å². The van der Waals surface area contributed by atoms with Gasteiger partial charge in [0.25, 0.3) is 0 Å². The fourth-order valence-electron chi connectivity index (χ4n) is 1.61. The van der Waals surface area contributed by atoms with E-state index in [9.17, 15) is 9.59 Å². The average Bonchev–Trinajstić information content (AvgIpc) is 2.53. The topological polar surface area (TPSA) is 72.8 Å². The lowest BCUT2D eigenvalue weighted by Gasteiger charge is -2.04. The van der Waals surface area contributed by atoms with E-state index >= 15 is 0 Å². The van der Waals surface area contributed by atoms with E-state index in [1.807, 2.05) is 6.92 Å². The number of carbonyl (C=O) groups is 2. The summed E-state index contributed by atoms with van der Waals surface area (Å²) in [5.41, 5.74) is 2.20. The highest BCUT2D eigenvalue weighted by Crippen LogP contribution is 2.08. The number of hydrogen-bond acceptors (Lipinski definition) is 5. The number of aryl methyl sites for hydroxylation is 1. The van der Waals surface area contributed by atoms with Crippen LogP contribution in [0.25, 0.3) is 0 Å². The summed E-state index contributed by atoms with van der Waals surface area (Å²) in [5.74, 6) is -1.52. The van der Waals surface area contributed by atoms with Crippen molar-refractivity contribution in [3.05, 3.63) is 70.8 Å². The first-order valence-corrected chi connectivity index (χ1v) is 6.30. The molecule has 0 fully saturated rings. The molecule has 0 aliphatic heterocycles. The predicted octanol–water partition coefficient (Wildman–Crippen LogP) is 2.42. The van der Waals surface area contributed by atoms with Crippen LogP contribution >= 0.6 is 0 Å². The number of rotatable bonds is 3. The van der Waals surface area contributed by atoms with Gasteiger partial charge in [-0.2, -0.15) is 0 Å². The molecule has 108 valence electrons. The minimum absolute atomic E-state index is 0.113. The standard InChI is InChI=1S/C16H14O5/c1-11-2-6-13(7-3-11)15(18)20-21-16(19)14-8-4-12(10-17)5-9-14/h2-9,17H,10H2,1H3. The summed E-state index contributed by atoms with van der Waals surface area (Å²) < 4.78 is 0. The molecule has 5 nitrogen and oxygen atoms in total. The first-order chi connectivity index (χ1) is 10.1. The molecule has 0 aliphatic rings. The zero-order valence-electron chi connectivity index (χ0n) is 11.4. The van der Waals surface area contributed by atoms with Gasteiger partial charge in [-0.1, -0.05) is 29.8 Å². The van der Waals surface area contributed by atoms with E-state index in [1.54, 1.807) is 36.4 Å². The van der Waals surface area contributed by atoms with Crippen molar-refractivity contribution in [2.75, 3.05) is 0 Å². The molecular formula is C16H14O5. The Bertz CT molecular complexity index is 629. The molecule has 2 rings (SSSR count). The van der Waals surface area contributed by atoms with Crippen molar-refractivity contribution in [3.63, 3.8) is 0 Å². The number of carbonyl (C=O) groups excluding carboxylic acids is 2. The Kier molecular flexibility index (Phi) is 4.68. The summed E-state index contributed by atoms with van der Waals surface area (Å²) in [4.78, 5) is 32.3. The highest BCUT2D eigenvalue weighted by atomic mass is 17.2. The van der Waals surface area contributed by atoms with Crippen LogP contribution in [0.15, 0.2) is 48.5 Å². The molecule has 1 N–H and O–H groups in total. The van der Waals surface area contributed by atoms with Gasteiger partial charge >= 0.3 is 11.9 Å². The maximum Gasteiger partial charge on any atom is 0.386 e. The normalized spacial score (nSPS) is 10.0. The molecular weight excluding hydrogens is 272 g/mol. The Hall–Kier alpha value is -2.66. The maximum atomic E-state index is 11.7. The van der Waals surface area contributed by atoms with Crippen molar-refractivity contribution in [2.45, 2.75) is 13.5 Å². The molecule has 0 bridgehead atoms. The van der Waals surface area contributed by atoms with E-state index < -0.39 is 11.9 Å². The third kappa shape index (κ3) is 3.90. The monoisotopic (exact) mass is 286 g/mol. The van der Waals surface area contributed by atoms with Gasteiger partial charge in [0.2, 0.25) is 0 Å². The van der Waals surface area contributed by atoms with Crippen molar-refractivity contribution in [3.8, 4) is 0 Å².